The number of halogens is 1. The second kappa shape index (κ2) is 11.1. The maximum atomic E-state index is 13.1. The third-order valence-corrected chi connectivity index (χ3v) is 7.77. The fourth-order valence-electron chi connectivity index (χ4n) is 4.22. The molecule has 0 saturated carbocycles. The van der Waals surface area contributed by atoms with Crippen LogP contribution in [0.25, 0.3) is 16.8 Å². The van der Waals surface area contributed by atoms with Crippen molar-refractivity contribution in [2.75, 3.05) is 7.11 Å². The maximum absolute atomic E-state index is 13.1. The molecule has 0 aliphatic carbocycles. The summed E-state index contributed by atoms with van der Waals surface area (Å²) >= 11 is 4.44. The molecule has 1 aliphatic heterocycles. The highest BCUT2D eigenvalue weighted by molar-refractivity contribution is 9.10. The van der Waals surface area contributed by atoms with Gasteiger partial charge in [-0.2, -0.15) is 5.26 Å². The molecule has 0 unspecified atom stereocenters. The van der Waals surface area contributed by atoms with Crippen LogP contribution in [0.3, 0.4) is 0 Å². The van der Waals surface area contributed by atoms with E-state index in [0.29, 0.717) is 39.3 Å². The van der Waals surface area contributed by atoms with E-state index in [2.05, 4.69) is 40.2 Å². The quantitative estimate of drug-likeness (QED) is 0.212. The van der Waals surface area contributed by atoms with Crippen molar-refractivity contribution in [1.82, 2.24) is 4.90 Å². The SMILES string of the molecule is COc1cc(/C=C2/SC(=O)N(Cc3ccccc3C#N)C2=O)c(Br)cc1OCc1cccc2ccccc12. The number of benzene rings is 4. The number of carbonyl (C=O) groups is 2. The van der Waals surface area contributed by atoms with Gasteiger partial charge in [-0.1, -0.05) is 76.6 Å². The Balaban J connectivity index is 1.37. The number of hydrogen-bond acceptors (Lipinski definition) is 6. The average molecular weight is 585 g/mol. The zero-order chi connectivity index (χ0) is 26.6. The highest BCUT2D eigenvalue weighted by atomic mass is 79.9. The van der Waals surface area contributed by atoms with E-state index < -0.39 is 5.91 Å². The molecule has 188 valence electrons. The number of carbonyl (C=O) groups excluding carboxylic acids is 2. The van der Waals surface area contributed by atoms with Crippen LogP contribution in [0.2, 0.25) is 0 Å². The number of nitriles is 1. The van der Waals surface area contributed by atoms with Crippen molar-refractivity contribution in [3.05, 3.63) is 110 Å². The van der Waals surface area contributed by atoms with E-state index in [1.54, 1.807) is 49.6 Å². The number of imide groups is 1. The van der Waals surface area contributed by atoms with E-state index in [9.17, 15) is 14.9 Å². The van der Waals surface area contributed by atoms with Crippen LogP contribution in [-0.2, 0) is 17.9 Å². The summed E-state index contributed by atoms with van der Waals surface area (Å²) in [6, 6.07) is 26.8. The molecule has 38 heavy (non-hydrogen) atoms. The van der Waals surface area contributed by atoms with Crippen LogP contribution < -0.4 is 9.47 Å². The molecule has 0 atom stereocenters. The molecule has 6 nitrogen and oxygen atoms in total. The minimum Gasteiger partial charge on any atom is -0.493 e. The van der Waals surface area contributed by atoms with Crippen LogP contribution in [0.5, 0.6) is 11.5 Å². The molecule has 4 aromatic rings. The summed E-state index contributed by atoms with van der Waals surface area (Å²) in [6.45, 7) is 0.393. The molecule has 1 fully saturated rings. The molecular formula is C30H21BrN2O4S. The molecule has 0 radical (unpaired) electrons. The largest absolute Gasteiger partial charge is 0.493 e. The van der Waals surface area contributed by atoms with Crippen molar-refractivity contribution in [2.24, 2.45) is 0 Å². The topological polar surface area (TPSA) is 79.6 Å². The Bertz CT molecular complexity index is 1640. The van der Waals surface area contributed by atoms with Crippen molar-refractivity contribution in [3.63, 3.8) is 0 Å². The average Bonchev–Trinajstić information content (AvgIpc) is 3.20. The van der Waals surface area contributed by atoms with E-state index in [0.717, 1.165) is 33.0 Å². The van der Waals surface area contributed by atoms with E-state index in [-0.39, 0.29) is 16.7 Å². The van der Waals surface area contributed by atoms with Gasteiger partial charge in [0.15, 0.2) is 11.5 Å². The molecule has 1 aliphatic rings. The molecule has 2 amide bonds. The lowest BCUT2D eigenvalue weighted by Crippen LogP contribution is -2.27. The van der Waals surface area contributed by atoms with Crippen molar-refractivity contribution in [3.8, 4) is 17.6 Å². The minimum absolute atomic E-state index is 0.0389. The van der Waals surface area contributed by atoms with Gasteiger partial charge in [-0.05, 0) is 63.5 Å². The number of rotatable bonds is 7. The summed E-state index contributed by atoms with van der Waals surface area (Å²) in [5.74, 6) is 0.641. The lowest BCUT2D eigenvalue weighted by atomic mass is 10.1. The third kappa shape index (κ3) is 5.17. The second-order valence-electron chi connectivity index (χ2n) is 8.49. The Morgan fingerprint density at radius 3 is 2.53 bits per heavy atom. The van der Waals surface area contributed by atoms with E-state index in [1.807, 2.05) is 24.3 Å². The van der Waals surface area contributed by atoms with Crippen LogP contribution in [0.15, 0.2) is 88.2 Å². The molecule has 0 spiro atoms. The summed E-state index contributed by atoms with van der Waals surface area (Å²) in [4.78, 5) is 27.2. The lowest BCUT2D eigenvalue weighted by molar-refractivity contribution is -0.123. The Morgan fingerprint density at radius 2 is 1.71 bits per heavy atom. The standard InChI is InChI=1S/C30H21BrN2O4S/c1-36-26-13-23(14-28-29(34)33(30(35)38-28)17-21-9-3-2-8-20(21)16-32)25(31)15-27(26)37-18-22-11-6-10-19-7-4-5-12-24(19)22/h2-15H,17-18H2,1H3/b28-14+. The smallest absolute Gasteiger partial charge is 0.293 e. The maximum Gasteiger partial charge on any atom is 0.293 e. The fourth-order valence-corrected chi connectivity index (χ4v) is 5.49. The first kappa shape index (κ1) is 25.6. The van der Waals surface area contributed by atoms with Gasteiger partial charge in [0.2, 0.25) is 0 Å². The van der Waals surface area contributed by atoms with Crippen LogP contribution in [0.1, 0.15) is 22.3 Å². The van der Waals surface area contributed by atoms with Gasteiger partial charge in [-0.3, -0.25) is 14.5 Å². The predicted molar refractivity (Wildman–Crippen MR) is 152 cm³/mol. The molecule has 0 aromatic heterocycles. The number of fused-ring (bicyclic) bond motifs is 1. The molecule has 8 heteroatoms. The van der Waals surface area contributed by atoms with Gasteiger partial charge in [-0.25, -0.2) is 0 Å². The number of thioether (sulfide) groups is 1. The lowest BCUT2D eigenvalue weighted by Gasteiger charge is -2.14. The summed E-state index contributed by atoms with van der Waals surface area (Å²) in [6.07, 6.45) is 1.65. The molecule has 1 heterocycles. The monoisotopic (exact) mass is 584 g/mol. The number of hydrogen-bond donors (Lipinski definition) is 0. The number of ether oxygens (including phenoxy) is 2. The molecule has 0 bridgehead atoms. The van der Waals surface area contributed by atoms with Crippen LogP contribution >= 0.6 is 27.7 Å². The first-order valence-electron chi connectivity index (χ1n) is 11.7. The number of methoxy groups -OCH3 is 1. The zero-order valence-electron chi connectivity index (χ0n) is 20.3. The second-order valence-corrected chi connectivity index (χ2v) is 10.3. The Hall–Kier alpha value is -4.06. The normalized spacial score (nSPS) is 14.2. The van der Waals surface area contributed by atoms with Gasteiger partial charge in [0.05, 0.1) is 30.2 Å². The van der Waals surface area contributed by atoms with Gasteiger partial charge in [0, 0.05) is 4.47 Å². The van der Waals surface area contributed by atoms with Crippen LogP contribution in [0.4, 0.5) is 4.79 Å². The Kier molecular flexibility index (Phi) is 7.50. The Labute approximate surface area is 232 Å². The molecule has 5 rings (SSSR count). The van der Waals surface area contributed by atoms with Gasteiger partial charge in [0.1, 0.15) is 6.61 Å². The summed E-state index contributed by atoms with van der Waals surface area (Å²) in [5, 5.41) is 11.2. The molecule has 1 saturated heterocycles. The first-order valence-corrected chi connectivity index (χ1v) is 13.3. The molecule has 0 N–H and O–H groups in total. The van der Waals surface area contributed by atoms with Gasteiger partial charge < -0.3 is 9.47 Å². The van der Waals surface area contributed by atoms with Crippen molar-refractivity contribution in [2.45, 2.75) is 13.2 Å². The van der Waals surface area contributed by atoms with Crippen LogP contribution in [-0.4, -0.2) is 23.2 Å². The Morgan fingerprint density at radius 1 is 0.974 bits per heavy atom. The summed E-state index contributed by atoms with van der Waals surface area (Å²) in [7, 11) is 1.55. The van der Waals surface area contributed by atoms with Crippen molar-refractivity contribution < 1.29 is 19.1 Å². The van der Waals surface area contributed by atoms with Crippen molar-refractivity contribution >= 4 is 55.7 Å². The number of nitrogens with zero attached hydrogens (tertiary/aromatic N) is 2. The van der Waals surface area contributed by atoms with Gasteiger partial charge >= 0.3 is 0 Å². The van der Waals surface area contributed by atoms with Gasteiger partial charge in [0.25, 0.3) is 11.1 Å². The van der Waals surface area contributed by atoms with Crippen LogP contribution in [0, 0.1) is 11.3 Å². The summed E-state index contributed by atoms with van der Waals surface area (Å²) < 4.78 is 12.4. The highest BCUT2D eigenvalue weighted by Gasteiger charge is 2.35. The molecule has 4 aromatic carbocycles. The predicted octanol–water partition coefficient (Wildman–Crippen LogP) is 7.30. The van der Waals surface area contributed by atoms with E-state index >= 15 is 0 Å². The van der Waals surface area contributed by atoms with E-state index in [1.165, 1.54) is 0 Å². The third-order valence-electron chi connectivity index (χ3n) is 6.17. The minimum atomic E-state index is -0.408. The zero-order valence-corrected chi connectivity index (χ0v) is 22.7. The number of amides is 2. The highest BCUT2D eigenvalue weighted by Crippen LogP contribution is 2.39. The first-order chi connectivity index (χ1) is 18.5. The molecular weight excluding hydrogens is 564 g/mol. The fraction of sp³-hybridized carbons (Fsp3) is 0.100. The van der Waals surface area contributed by atoms with E-state index in [4.69, 9.17) is 9.47 Å². The van der Waals surface area contributed by atoms with Gasteiger partial charge in [-0.15, -0.1) is 0 Å². The summed E-state index contributed by atoms with van der Waals surface area (Å²) in [5.41, 5.74) is 2.77. The van der Waals surface area contributed by atoms with Crippen molar-refractivity contribution in [1.29, 1.82) is 5.26 Å².